The van der Waals surface area contributed by atoms with Crippen LogP contribution in [0.2, 0.25) is 0 Å². The highest BCUT2D eigenvalue weighted by Crippen LogP contribution is 2.45. The Bertz CT molecular complexity index is 2080. The second kappa shape index (κ2) is 7.55. The second-order valence-corrected chi connectivity index (χ2v) is 10.3. The van der Waals surface area contributed by atoms with Gasteiger partial charge in [-0.1, -0.05) is 97.1 Å². The zero-order chi connectivity index (χ0) is 23.6. The fraction of sp³-hybridized carbons (Fsp3) is 0. The van der Waals surface area contributed by atoms with Crippen LogP contribution in [0, 0.1) is 0 Å². The summed E-state index contributed by atoms with van der Waals surface area (Å²) in [7, 11) is 0. The van der Waals surface area contributed by atoms with Gasteiger partial charge in [0.25, 0.3) is 0 Å². The molecule has 0 saturated heterocycles. The monoisotopic (exact) mass is 475 g/mol. The van der Waals surface area contributed by atoms with Crippen LogP contribution in [0.25, 0.3) is 70.3 Å². The zero-order valence-corrected chi connectivity index (χ0v) is 20.3. The van der Waals surface area contributed by atoms with Crippen molar-refractivity contribution in [3.05, 3.63) is 127 Å². The Morgan fingerprint density at radius 3 is 2.00 bits per heavy atom. The number of thiophene rings is 1. The maximum atomic E-state index is 2.48. The van der Waals surface area contributed by atoms with Gasteiger partial charge in [-0.05, 0) is 56.9 Å². The third kappa shape index (κ3) is 2.71. The van der Waals surface area contributed by atoms with Gasteiger partial charge >= 0.3 is 0 Å². The molecule has 0 aliphatic rings. The molecule has 168 valence electrons. The van der Waals surface area contributed by atoms with Crippen molar-refractivity contribution in [2.45, 2.75) is 0 Å². The topological polar surface area (TPSA) is 4.93 Å². The minimum absolute atomic E-state index is 1.19. The Kier molecular flexibility index (Phi) is 4.16. The molecule has 0 aliphatic carbocycles. The number of aromatic nitrogens is 1. The van der Waals surface area contributed by atoms with Crippen LogP contribution in [0.15, 0.2) is 127 Å². The predicted molar refractivity (Wildman–Crippen MR) is 157 cm³/mol. The number of benzene rings is 6. The lowest BCUT2D eigenvalue weighted by atomic mass is 9.98. The Labute approximate surface area is 212 Å². The summed E-state index contributed by atoms with van der Waals surface area (Å²) >= 11 is 1.84. The Morgan fingerprint density at radius 2 is 1.17 bits per heavy atom. The van der Waals surface area contributed by atoms with Crippen LogP contribution in [0.3, 0.4) is 0 Å². The van der Waals surface area contributed by atoms with E-state index in [-0.39, 0.29) is 0 Å². The van der Waals surface area contributed by atoms with Gasteiger partial charge in [-0.2, -0.15) is 0 Å². The van der Waals surface area contributed by atoms with E-state index in [1.807, 2.05) is 11.3 Å². The number of fused-ring (bicyclic) bond motifs is 10. The van der Waals surface area contributed by atoms with Crippen LogP contribution in [0.4, 0.5) is 0 Å². The Balaban J connectivity index is 1.57. The van der Waals surface area contributed by atoms with Crippen LogP contribution >= 0.6 is 11.3 Å². The molecule has 0 atom stereocenters. The Morgan fingerprint density at radius 1 is 0.472 bits per heavy atom. The van der Waals surface area contributed by atoms with Gasteiger partial charge in [0.2, 0.25) is 0 Å². The summed E-state index contributed by atoms with van der Waals surface area (Å²) in [4.78, 5) is 0. The molecule has 2 heteroatoms. The first-order chi connectivity index (χ1) is 17.9. The predicted octanol–water partition coefficient (Wildman–Crippen LogP) is 9.97. The summed E-state index contributed by atoms with van der Waals surface area (Å²) in [6.45, 7) is 0. The van der Waals surface area contributed by atoms with Crippen LogP contribution in [-0.2, 0) is 0 Å². The minimum atomic E-state index is 1.19. The van der Waals surface area contributed by atoms with Gasteiger partial charge in [-0.3, -0.25) is 0 Å². The molecule has 0 spiro atoms. The lowest BCUT2D eigenvalue weighted by Crippen LogP contribution is -1.94. The van der Waals surface area contributed by atoms with Crippen molar-refractivity contribution in [3.8, 4) is 16.8 Å². The van der Waals surface area contributed by atoms with E-state index < -0.39 is 0 Å². The summed E-state index contributed by atoms with van der Waals surface area (Å²) in [6.07, 6.45) is 0. The fourth-order valence-corrected chi connectivity index (χ4v) is 6.82. The van der Waals surface area contributed by atoms with E-state index in [4.69, 9.17) is 0 Å². The smallest absolute Gasteiger partial charge is 0.0634 e. The molecule has 0 N–H and O–H groups in total. The van der Waals surface area contributed by atoms with E-state index in [1.54, 1.807) is 0 Å². The van der Waals surface area contributed by atoms with Crippen molar-refractivity contribution in [3.63, 3.8) is 0 Å². The molecule has 0 amide bonds. The van der Waals surface area contributed by atoms with E-state index in [2.05, 4.69) is 131 Å². The molecular weight excluding hydrogens is 454 g/mol. The van der Waals surface area contributed by atoms with Gasteiger partial charge in [0.1, 0.15) is 0 Å². The molecular formula is C34H21NS. The van der Waals surface area contributed by atoms with Crippen LogP contribution in [0.1, 0.15) is 0 Å². The largest absolute Gasteiger partial charge is 0.309 e. The maximum Gasteiger partial charge on any atom is 0.0634 e. The number of hydrogen-bond donors (Lipinski definition) is 0. The minimum Gasteiger partial charge on any atom is -0.309 e. The molecule has 0 saturated carbocycles. The molecule has 6 aromatic carbocycles. The summed E-state index contributed by atoms with van der Waals surface area (Å²) in [5.41, 5.74) is 6.21. The second-order valence-electron chi connectivity index (χ2n) is 9.36. The van der Waals surface area contributed by atoms with Gasteiger partial charge in [0.05, 0.1) is 11.0 Å². The molecule has 0 bridgehead atoms. The molecule has 2 heterocycles. The number of rotatable bonds is 2. The van der Waals surface area contributed by atoms with Crippen molar-refractivity contribution in [2.75, 3.05) is 0 Å². The molecule has 1 nitrogen and oxygen atoms in total. The summed E-state index contributed by atoms with van der Waals surface area (Å²) in [5.74, 6) is 0. The van der Waals surface area contributed by atoms with Gasteiger partial charge in [0.15, 0.2) is 0 Å². The maximum absolute atomic E-state index is 2.48. The Hall–Kier alpha value is -4.40. The standard InChI is InChI=1S/C34H21NS/c1-2-8-22(9-3-1)23-14-17-25(18-15-23)35-30-19-16-24-10-4-5-11-26(24)31(30)32-27-12-6-7-13-28(27)34-29(33(32)35)20-21-36-34/h1-21H. The SMILES string of the molecule is c1ccc(-c2ccc(-n3c4ccc5ccccc5c4c4c5ccccc5c5sccc5c43)cc2)cc1. The molecule has 2 aromatic heterocycles. The van der Waals surface area contributed by atoms with Gasteiger partial charge in [-0.15, -0.1) is 11.3 Å². The summed E-state index contributed by atoms with van der Waals surface area (Å²) < 4.78 is 3.83. The molecule has 0 unspecified atom stereocenters. The van der Waals surface area contributed by atoms with Crippen molar-refractivity contribution >= 4 is 64.8 Å². The van der Waals surface area contributed by atoms with Gasteiger partial charge in [-0.25, -0.2) is 0 Å². The lowest BCUT2D eigenvalue weighted by Gasteiger charge is -2.11. The lowest BCUT2D eigenvalue weighted by molar-refractivity contribution is 1.19. The van der Waals surface area contributed by atoms with Crippen molar-refractivity contribution in [1.82, 2.24) is 4.57 Å². The molecule has 8 aromatic rings. The molecule has 36 heavy (non-hydrogen) atoms. The normalized spacial score (nSPS) is 11.9. The molecule has 8 rings (SSSR count). The van der Waals surface area contributed by atoms with E-state index in [1.165, 1.54) is 70.3 Å². The van der Waals surface area contributed by atoms with Crippen LogP contribution in [0.5, 0.6) is 0 Å². The summed E-state index contributed by atoms with van der Waals surface area (Å²) in [6, 6.07) is 44.2. The highest BCUT2D eigenvalue weighted by molar-refractivity contribution is 7.18. The number of hydrogen-bond acceptors (Lipinski definition) is 1. The van der Waals surface area contributed by atoms with Crippen molar-refractivity contribution < 1.29 is 0 Å². The molecule has 0 radical (unpaired) electrons. The van der Waals surface area contributed by atoms with Crippen LogP contribution in [-0.4, -0.2) is 4.57 Å². The van der Waals surface area contributed by atoms with E-state index in [0.29, 0.717) is 0 Å². The highest BCUT2D eigenvalue weighted by Gasteiger charge is 2.20. The zero-order valence-electron chi connectivity index (χ0n) is 19.5. The molecule has 0 aliphatic heterocycles. The van der Waals surface area contributed by atoms with Crippen molar-refractivity contribution in [1.29, 1.82) is 0 Å². The molecule has 0 fully saturated rings. The first-order valence-electron chi connectivity index (χ1n) is 12.3. The average molecular weight is 476 g/mol. The first-order valence-corrected chi connectivity index (χ1v) is 13.2. The van der Waals surface area contributed by atoms with E-state index >= 15 is 0 Å². The number of nitrogens with zero attached hydrogens (tertiary/aromatic N) is 1. The third-order valence-electron chi connectivity index (χ3n) is 7.45. The van der Waals surface area contributed by atoms with Crippen LogP contribution < -0.4 is 0 Å². The third-order valence-corrected chi connectivity index (χ3v) is 8.40. The van der Waals surface area contributed by atoms with E-state index in [9.17, 15) is 0 Å². The quantitative estimate of drug-likeness (QED) is 0.234. The average Bonchev–Trinajstić information content (AvgIpc) is 3.57. The van der Waals surface area contributed by atoms with E-state index in [0.717, 1.165) is 0 Å². The van der Waals surface area contributed by atoms with Crippen molar-refractivity contribution in [2.24, 2.45) is 0 Å². The fourth-order valence-electron chi connectivity index (χ4n) is 5.88. The highest BCUT2D eigenvalue weighted by atomic mass is 32.1. The first kappa shape index (κ1) is 19.9. The summed E-state index contributed by atoms with van der Waals surface area (Å²) in [5, 5.41) is 11.5. The van der Waals surface area contributed by atoms with Gasteiger partial charge < -0.3 is 4.57 Å². The van der Waals surface area contributed by atoms with Gasteiger partial charge in [0, 0.05) is 31.9 Å².